The van der Waals surface area contributed by atoms with E-state index >= 15 is 0 Å². The maximum atomic E-state index is 12.3. The number of nitrogens with zero attached hydrogens (tertiary/aromatic N) is 1. The van der Waals surface area contributed by atoms with E-state index in [9.17, 15) is 14.4 Å². The molecular weight excluding hydrogens is 306 g/mol. The zero-order valence-corrected chi connectivity index (χ0v) is 14.5. The van der Waals surface area contributed by atoms with Crippen LogP contribution in [0.4, 0.5) is 5.69 Å². The summed E-state index contributed by atoms with van der Waals surface area (Å²) in [4.78, 5) is 37.5. The lowest BCUT2D eigenvalue weighted by molar-refractivity contribution is -0.132. The smallest absolute Gasteiger partial charge is 0.242 e. The third-order valence-electron chi connectivity index (χ3n) is 4.33. The topological polar surface area (TPSA) is 92.5 Å². The highest BCUT2D eigenvalue weighted by atomic mass is 16.2. The van der Waals surface area contributed by atoms with Crippen LogP contribution in [-0.4, -0.2) is 29.8 Å². The van der Waals surface area contributed by atoms with E-state index in [1.165, 1.54) is 5.56 Å². The summed E-state index contributed by atoms with van der Waals surface area (Å²) in [5.41, 5.74) is 6.16. The Morgan fingerprint density at radius 2 is 1.92 bits per heavy atom. The van der Waals surface area contributed by atoms with Crippen LogP contribution in [0, 0.1) is 5.92 Å². The highest BCUT2D eigenvalue weighted by Gasteiger charge is 2.38. The molecular formula is C18H25N3O3. The minimum atomic E-state index is -1.13. The van der Waals surface area contributed by atoms with Gasteiger partial charge >= 0.3 is 0 Å². The van der Waals surface area contributed by atoms with E-state index in [1.807, 2.05) is 24.3 Å². The first-order valence-electron chi connectivity index (χ1n) is 8.26. The van der Waals surface area contributed by atoms with E-state index in [1.54, 1.807) is 18.7 Å². The highest BCUT2D eigenvalue weighted by Crippen LogP contribution is 2.26. The molecule has 1 aromatic rings. The Morgan fingerprint density at radius 3 is 2.46 bits per heavy atom. The van der Waals surface area contributed by atoms with E-state index < -0.39 is 17.4 Å². The second kappa shape index (κ2) is 7.03. The van der Waals surface area contributed by atoms with E-state index in [0.717, 1.165) is 18.5 Å². The van der Waals surface area contributed by atoms with Crippen LogP contribution >= 0.6 is 0 Å². The molecule has 3 N–H and O–H groups in total. The van der Waals surface area contributed by atoms with Gasteiger partial charge in [-0.15, -0.1) is 0 Å². The van der Waals surface area contributed by atoms with Crippen LogP contribution in [0.1, 0.15) is 39.2 Å². The maximum absolute atomic E-state index is 12.3. The Bertz CT molecular complexity index is 637. The van der Waals surface area contributed by atoms with Gasteiger partial charge in [0.05, 0.1) is 5.92 Å². The third kappa shape index (κ3) is 3.93. The predicted octanol–water partition coefficient (Wildman–Crippen LogP) is 1.37. The van der Waals surface area contributed by atoms with Crippen LogP contribution in [0.3, 0.4) is 0 Å². The van der Waals surface area contributed by atoms with Crippen molar-refractivity contribution in [3.8, 4) is 0 Å². The summed E-state index contributed by atoms with van der Waals surface area (Å²) >= 11 is 0. The molecule has 2 rings (SSSR count). The fourth-order valence-corrected chi connectivity index (χ4v) is 2.74. The molecule has 130 valence electrons. The Hall–Kier alpha value is -2.37. The van der Waals surface area contributed by atoms with Crippen molar-refractivity contribution in [1.82, 2.24) is 5.32 Å². The first-order chi connectivity index (χ1) is 11.2. The molecule has 1 aliphatic heterocycles. The molecule has 1 saturated heterocycles. The zero-order valence-electron chi connectivity index (χ0n) is 14.5. The largest absolute Gasteiger partial charge is 0.368 e. The van der Waals surface area contributed by atoms with Gasteiger partial charge in [-0.05, 0) is 38.0 Å². The number of benzene rings is 1. The number of carbonyl (C=O) groups is 3. The van der Waals surface area contributed by atoms with Crippen molar-refractivity contribution in [2.24, 2.45) is 11.7 Å². The molecule has 1 fully saturated rings. The first-order valence-corrected chi connectivity index (χ1v) is 8.26. The van der Waals surface area contributed by atoms with Gasteiger partial charge in [0.25, 0.3) is 0 Å². The summed E-state index contributed by atoms with van der Waals surface area (Å²) in [6.45, 7) is 5.53. The van der Waals surface area contributed by atoms with E-state index in [2.05, 4.69) is 12.2 Å². The van der Waals surface area contributed by atoms with Gasteiger partial charge in [-0.2, -0.15) is 0 Å². The molecule has 0 saturated carbocycles. The number of hydrogen-bond donors (Lipinski definition) is 2. The molecule has 0 unspecified atom stereocenters. The van der Waals surface area contributed by atoms with Gasteiger partial charge in [-0.3, -0.25) is 14.4 Å². The predicted molar refractivity (Wildman–Crippen MR) is 92.3 cm³/mol. The Balaban J connectivity index is 2.05. The van der Waals surface area contributed by atoms with Crippen LogP contribution < -0.4 is 16.0 Å². The number of anilines is 1. The summed E-state index contributed by atoms with van der Waals surface area (Å²) in [6.07, 6.45) is 2.21. The fraction of sp³-hybridized carbons (Fsp3) is 0.500. The lowest BCUT2D eigenvalue weighted by Crippen LogP contribution is -2.54. The normalized spacial score (nSPS) is 17.9. The molecule has 0 aliphatic carbocycles. The number of carbonyl (C=O) groups excluding carboxylic acids is 3. The summed E-state index contributed by atoms with van der Waals surface area (Å²) in [7, 11) is 0. The minimum absolute atomic E-state index is 0.0877. The Kier molecular flexibility index (Phi) is 5.26. The lowest BCUT2D eigenvalue weighted by Gasteiger charge is -2.24. The molecule has 6 nitrogen and oxygen atoms in total. The quantitative estimate of drug-likeness (QED) is 0.824. The molecule has 0 aromatic heterocycles. The number of hydrogen-bond acceptors (Lipinski definition) is 3. The summed E-state index contributed by atoms with van der Waals surface area (Å²) in [6, 6.07) is 7.85. The van der Waals surface area contributed by atoms with Crippen LogP contribution in [-0.2, 0) is 20.8 Å². The third-order valence-corrected chi connectivity index (χ3v) is 4.33. The van der Waals surface area contributed by atoms with Crippen molar-refractivity contribution in [1.29, 1.82) is 0 Å². The number of amides is 3. The molecule has 6 heteroatoms. The molecule has 1 aliphatic rings. The molecule has 1 atom stereocenters. The van der Waals surface area contributed by atoms with Crippen molar-refractivity contribution in [3.05, 3.63) is 29.8 Å². The molecule has 0 bridgehead atoms. The van der Waals surface area contributed by atoms with Crippen LogP contribution in [0.15, 0.2) is 24.3 Å². The second-order valence-corrected chi connectivity index (χ2v) is 6.80. The molecule has 1 aromatic carbocycles. The van der Waals surface area contributed by atoms with Crippen LogP contribution in [0.25, 0.3) is 0 Å². The minimum Gasteiger partial charge on any atom is -0.368 e. The monoisotopic (exact) mass is 331 g/mol. The average molecular weight is 331 g/mol. The van der Waals surface area contributed by atoms with Crippen LogP contribution in [0.2, 0.25) is 0 Å². The number of rotatable bonds is 6. The van der Waals surface area contributed by atoms with Gasteiger partial charge in [0.15, 0.2) is 0 Å². The highest BCUT2D eigenvalue weighted by molar-refractivity contribution is 6.01. The van der Waals surface area contributed by atoms with E-state index in [-0.39, 0.29) is 18.2 Å². The molecule has 3 amide bonds. The standard InChI is InChI=1S/C18H25N3O3/c1-4-5-12-6-8-14(9-7-12)21-11-13(10-15(21)22)16(23)20-18(2,3)17(19)24/h6-9,13H,4-5,10-11H2,1-3H3,(H2,19,24)(H,20,23)/t13-/m1/s1. The summed E-state index contributed by atoms with van der Waals surface area (Å²) < 4.78 is 0. The van der Waals surface area contributed by atoms with Gasteiger partial charge in [0.1, 0.15) is 5.54 Å². The van der Waals surface area contributed by atoms with Gasteiger partial charge in [-0.1, -0.05) is 25.5 Å². The van der Waals surface area contributed by atoms with Crippen molar-refractivity contribution in [2.45, 2.75) is 45.6 Å². The zero-order chi connectivity index (χ0) is 17.9. The number of aryl methyl sites for hydroxylation is 1. The second-order valence-electron chi connectivity index (χ2n) is 6.80. The average Bonchev–Trinajstić information content (AvgIpc) is 2.90. The van der Waals surface area contributed by atoms with Crippen molar-refractivity contribution >= 4 is 23.4 Å². The summed E-state index contributed by atoms with van der Waals surface area (Å²) in [5.74, 6) is -1.50. The molecule has 1 heterocycles. The van der Waals surface area contributed by atoms with Crippen molar-refractivity contribution in [2.75, 3.05) is 11.4 Å². The van der Waals surface area contributed by atoms with E-state index in [0.29, 0.717) is 6.54 Å². The van der Waals surface area contributed by atoms with Gasteiger partial charge in [-0.25, -0.2) is 0 Å². The number of primary amides is 1. The van der Waals surface area contributed by atoms with Crippen molar-refractivity contribution < 1.29 is 14.4 Å². The SMILES string of the molecule is CCCc1ccc(N2C[C@H](C(=O)NC(C)(C)C(N)=O)CC2=O)cc1. The lowest BCUT2D eigenvalue weighted by atomic mass is 10.0. The van der Waals surface area contributed by atoms with Gasteiger partial charge in [0.2, 0.25) is 17.7 Å². The van der Waals surface area contributed by atoms with Crippen LogP contribution in [0.5, 0.6) is 0 Å². The Labute approximate surface area is 142 Å². The van der Waals surface area contributed by atoms with Gasteiger partial charge < -0.3 is 16.0 Å². The fourth-order valence-electron chi connectivity index (χ4n) is 2.74. The maximum Gasteiger partial charge on any atom is 0.242 e. The number of nitrogens with two attached hydrogens (primary N) is 1. The number of nitrogens with one attached hydrogen (secondary N) is 1. The molecule has 0 radical (unpaired) electrons. The first kappa shape index (κ1) is 18.0. The Morgan fingerprint density at radius 1 is 1.29 bits per heavy atom. The van der Waals surface area contributed by atoms with E-state index in [4.69, 9.17) is 5.73 Å². The van der Waals surface area contributed by atoms with Gasteiger partial charge in [0, 0.05) is 18.7 Å². The van der Waals surface area contributed by atoms with Crippen molar-refractivity contribution in [3.63, 3.8) is 0 Å². The molecule has 24 heavy (non-hydrogen) atoms. The molecule has 0 spiro atoms. The summed E-state index contributed by atoms with van der Waals surface area (Å²) in [5, 5.41) is 2.62.